The molecule has 8 heteroatoms. The standard InChI is InChI=1S/C15H9N7O/c23-14-13-12(22-15(20-19-13)17-8-18-22)4-6-21(14)10-1-2-11-9(7-10)3-5-16-11/h1-8,16H. The van der Waals surface area contributed by atoms with Crippen molar-refractivity contribution in [3.63, 3.8) is 0 Å². The van der Waals surface area contributed by atoms with Crippen LogP contribution in [0.2, 0.25) is 0 Å². The fourth-order valence-electron chi connectivity index (χ4n) is 2.74. The molecule has 0 aliphatic carbocycles. The number of pyridine rings is 1. The van der Waals surface area contributed by atoms with E-state index in [1.807, 2.05) is 30.5 Å². The number of benzene rings is 1. The molecule has 1 N–H and O–H groups in total. The van der Waals surface area contributed by atoms with Crippen molar-refractivity contribution < 1.29 is 0 Å². The van der Waals surface area contributed by atoms with Gasteiger partial charge in [0.15, 0.2) is 5.52 Å². The summed E-state index contributed by atoms with van der Waals surface area (Å²) in [5, 5.41) is 13.0. The molecule has 0 fully saturated rings. The Morgan fingerprint density at radius 3 is 3.00 bits per heavy atom. The van der Waals surface area contributed by atoms with Gasteiger partial charge in [0.1, 0.15) is 11.8 Å². The van der Waals surface area contributed by atoms with Crippen LogP contribution in [-0.4, -0.2) is 34.3 Å². The van der Waals surface area contributed by atoms with Crippen molar-refractivity contribution in [1.82, 2.24) is 34.3 Å². The van der Waals surface area contributed by atoms with E-state index in [4.69, 9.17) is 0 Å². The molecule has 8 nitrogen and oxygen atoms in total. The predicted molar refractivity (Wildman–Crippen MR) is 83.5 cm³/mol. The van der Waals surface area contributed by atoms with E-state index in [1.165, 1.54) is 10.8 Å². The van der Waals surface area contributed by atoms with Crippen LogP contribution in [0.3, 0.4) is 0 Å². The molecule has 0 saturated heterocycles. The Hall–Kier alpha value is -3.55. The van der Waals surface area contributed by atoms with Crippen molar-refractivity contribution in [3.8, 4) is 5.69 Å². The van der Waals surface area contributed by atoms with Crippen LogP contribution in [0.25, 0.3) is 33.4 Å². The fraction of sp³-hybridized carbons (Fsp3) is 0. The molecular formula is C15H9N7O. The zero-order valence-electron chi connectivity index (χ0n) is 11.7. The normalized spacial score (nSPS) is 11.7. The van der Waals surface area contributed by atoms with E-state index in [9.17, 15) is 4.79 Å². The van der Waals surface area contributed by atoms with Gasteiger partial charge in [-0.05, 0) is 30.3 Å². The first-order valence-electron chi connectivity index (χ1n) is 6.96. The minimum absolute atomic E-state index is 0.248. The van der Waals surface area contributed by atoms with Gasteiger partial charge in [-0.25, -0.2) is 0 Å². The number of fused-ring (bicyclic) bond motifs is 4. The highest BCUT2D eigenvalue weighted by molar-refractivity contribution is 5.82. The summed E-state index contributed by atoms with van der Waals surface area (Å²) < 4.78 is 3.05. The van der Waals surface area contributed by atoms with Crippen LogP contribution in [0.5, 0.6) is 0 Å². The number of hydrogen-bond acceptors (Lipinski definition) is 5. The second kappa shape index (κ2) is 4.23. The van der Waals surface area contributed by atoms with E-state index in [0.717, 1.165) is 16.6 Å². The van der Waals surface area contributed by atoms with E-state index in [0.29, 0.717) is 11.3 Å². The molecule has 0 radical (unpaired) electrons. The van der Waals surface area contributed by atoms with Crippen LogP contribution >= 0.6 is 0 Å². The lowest BCUT2D eigenvalue weighted by atomic mass is 10.2. The summed E-state index contributed by atoms with van der Waals surface area (Å²) in [4.78, 5) is 19.9. The number of rotatable bonds is 1. The number of hydrogen-bond donors (Lipinski definition) is 1. The van der Waals surface area contributed by atoms with Gasteiger partial charge >= 0.3 is 0 Å². The van der Waals surface area contributed by atoms with Crippen LogP contribution in [-0.2, 0) is 0 Å². The summed E-state index contributed by atoms with van der Waals surface area (Å²) in [6, 6.07) is 9.51. The SMILES string of the molecule is O=c1c2nnc3ncnn3c2ccn1-c1ccc2[nH]ccc2c1. The van der Waals surface area contributed by atoms with Gasteiger partial charge in [0.2, 0.25) is 0 Å². The molecular weight excluding hydrogens is 294 g/mol. The third-order valence-electron chi connectivity index (χ3n) is 3.86. The summed E-state index contributed by atoms with van der Waals surface area (Å²) in [5.41, 5.74) is 2.37. The van der Waals surface area contributed by atoms with Crippen LogP contribution in [0.1, 0.15) is 0 Å². The number of nitrogens with zero attached hydrogens (tertiary/aromatic N) is 6. The van der Waals surface area contributed by atoms with Gasteiger partial charge in [-0.2, -0.15) is 14.6 Å². The maximum Gasteiger partial charge on any atom is 0.285 e. The maximum atomic E-state index is 12.8. The van der Waals surface area contributed by atoms with Gasteiger partial charge in [0, 0.05) is 29.0 Å². The lowest BCUT2D eigenvalue weighted by Gasteiger charge is -2.07. The molecule has 4 heterocycles. The molecule has 5 rings (SSSR count). The van der Waals surface area contributed by atoms with Crippen molar-refractivity contribution in [3.05, 3.63) is 59.4 Å². The average Bonchev–Trinajstić information content (AvgIpc) is 3.23. The van der Waals surface area contributed by atoms with Crippen molar-refractivity contribution in [1.29, 1.82) is 0 Å². The molecule has 0 spiro atoms. The summed E-state index contributed by atoms with van der Waals surface area (Å²) in [7, 11) is 0. The monoisotopic (exact) mass is 303 g/mol. The molecule has 0 aliphatic rings. The minimum Gasteiger partial charge on any atom is -0.361 e. The molecule has 110 valence electrons. The molecule has 0 unspecified atom stereocenters. The van der Waals surface area contributed by atoms with Crippen LogP contribution < -0.4 is 5.56 Å². The van der Waals surface area contributed by atoms with Crippen LogP contribution in [0.4, 0.5) is 0 Å². The second-order valence-corrected chi connectivity index (χ2v) is 5.15. The molecule has 5 aromatic rings. The largest absolute Gasteiger partial charge is 0.361 e. The van der Waals surface area contributed by atoms with Gasteiger partial charge in [-0.3, -0.25) is 9.36 Å². The zero-order chi connectivity index (χ0) is 15.4. The third kappa shape index (κ3) is 1.62. The fourth-order valence-corrected chi connectivity index (χ4v) is 2.74. The summed E-state index contributed by atoms with van der Waals surface area (Å²) >= 11 is 0. The topological polar surface area (TPSA) is 93.8 Å². The van der Waals surface area contributed by atoms with E-state index in [2.05, 4.69) is 25.3 Å². The van der Waals surface area contributed by atoms with Gasteiger partial charge in [-0.15, -0.1) is 10.2 Å². The smallest absolute Gasteiger partial charge is 0.285 e. The van der Waals surface area contributed by atoms with Crippen molar-refractivity contribution in [2.75, 3.05) is 0 Å². The highest BCUT2D eigenvalue weighted by atomic mass is 16.1. The molecule has 4 aromatic heterocycles. The molecule has 0 bridgehead atoms. The molecule has 0 atom stereocenters. The minimum atomic E-state index is -0.248. The number of aromatic nitrogens is 7. The van der Waals surface area contributed by atoms with Gasteiger partial charge in [0.05, 0.1) is 0 Å². The molecule has 23 heavy (non-hydrogen) atoms. The summed E-state index contributed by atoms with van der Waals surface area (Å²) in [6.45, 7) is 0. The van der Waals surface area contributed by atoms with Gasteiger partial charge < -0.3 is 4.98 Å². The third-order valence-corrected chi connectivity index (χ3v) is 3.86. The van der Waals surface area contributed by atoms with E-state index in [-0.39, 0.29) is 11.1 Å². The Morgan fingerprint density at radius 2 is 2.04 bits per heavy atom. The molecule has 0 amide bonds. The van der Waals surface area contributed by atoms with E-state index >= 15 is 0 Å². The number of H-pyrrole nitrogens is 1. The van der Waals surface area contributed by atoms with Gasteiger partial charge in [-0.1, -0.05) is 0 Å². The first kappa shape index (κ1) is 12.0. The quantitative estimate of drug-likeness (QED) is 0.504. The van der Waals surface area contributed by atoms with Crippen LogP contribution in [0.15, 0.2) is 53.8 Å². The Kier molecular flexibility index (Phi) is 2.21. The van der Waals surface area contributed by atoms with E-state index in [1.54, 1.807) is 16.8 Å². The Morgan fingerprint density at radius 1 is 1.09 bits per heavy atom. The molecule has 1 aromatic carbocycles. The number of nitrogens with one attached hydrogen (secondary N) is 1. The molecule has 0 aliphatic heterocycles. The van der Waals surface area contributed by atoms with Crippen molar-refractivity contribution >= 4 is 27.7 Å². The maximum absolute atomic E-state index is 12.8. The Labute approximate surface area is 128 Å². The van der Waals surface area contributed by atoms with Crippen molar-refractivity contribution in [2.24, 2.45) is 0 Å². The highest BCUT2D eigenvalue weighted by Gasteiger charge is 2.11. The first-order chi connectivity index (χ1) is 11.3. The first-order valence-corrected chi connectivity index (χ1v) is 6.96. The van der Waals surface area contributed by atoms with Crippen molar-refractivity contribution in [2.45, 2.75) is 0 Å². The lowest BCUT2D eigenvalue weighted by molar-refractivity contribution is 0.914. The average molecular weight is 303 g/mol. The Bertz CT molecular complexity index is 1250. The summed E-state index contributed by atoms with van der Waals surface area (Å²) in [5.74, 6) is 0.364. The summed E-state index contributed by atoms with van der Waals surface area (Å²) in [6.07, 6.45) is 4.96. The number of aromatic amines is 1. The van der Waals surface area contributed by atoms with Gasteiger partial charge in [0.25, 0.3) is 11.3 Å². The zero-order valence-corrected chi connectivity index (χ0v) is 11.7. The Balaban J connectivity index is 1.83. The highest BCUT2D eigenvalue weighted by Crippen LogP contribution is 2.17. The lowest BCUT2D eigenvalue weighted by Crippen LogP contribution is -2.20. The van der Waals surface area contributed by atoms with E-state index < -0.39 is 0 Å². The van der Waals surface area contributed by atoms with Crippen LogP contribution in [0, 0.1) is 0 Å². The second-order valence-electron chi connectivity index (χ2n) is 5.15. The molecule has 0 saturated carbocycles. The predicted octanol–water partition coefficient (Wildman–Crippen LogP) is 1.30.